The number of amides is 1. The summed E-state index contributed by atoms with van der Waals surface area (Å²) in [6.45, 7) is 3.69. The molecular weight excluding hydrogens is 292 g/mol. The zero-order chi connectivity index (χ0) is 15.9. The zero-order valence-electron chi connectivity index (χ0n) is 12.2. The summed E-state index contributed by atoms with van der Waals surface area (Å²) >= 11 is 0. The van der Waals surface area contributed by atoms with Gasteiger partial charge in [0.1, 0.15) is 5.75 Å². The highest BCUT2D eigenvalue weighted by Crippen LogP contribution is 2.10. The van der Waals surface area contributed by atoms with Crippen LogP contribution in [0.2, 0.25) is 0 Å². The molecule has 1 aromatic rings. The standard InChI is InChI=1S/C14H20N2O4S/c1-4-9-16(21(3,18)19)11-14(17)15-10-12-5-7-13(20-2)8-6-12/h4-8H,1,9-11H2,2-3H3,(H,15,17). The fourth-order valence-corrected chi connectivity index (χ4v) is 2.35. The molecule has 0 atom stereocenters. The second-order valence-electron chi connectivity index (χ2n) is 4.47. The molecule has 7 heteroatoms. The third-order valence-electron chi connectivity index (χ3n) is 2.77. The first-order valence-corrected chi connectivity index (χ1v) is 8.17. The van der Waals surface area contributed by atoms with Crippen LogP contribution in [-0.4, -0.2) is 45.1 Å². The molecule has 1 N–H and O–H groups in total. The van der Waals surface area contributed by atoms with Crippen molar-refractivity contribution in [2.75, 3.05) is 26.5 Å². The molecule has 0 saturated carbocycles. The van der Waals surface area contributed by atoms with Gasteiger partial charge in [0.25, 0.3) is 0 Å². The molecule has 0 aliphatic heterocycles. The molecule has 0 heterocycles. The fourth-order valence-electron chi connectivity index (χ4n) is 1.62. The zero-order valence-corrected chi connectivity index (χ0v) is 13.0. The van der Waals surface area contributed by atoms with E-state index in [0.717, 1.165) is 21.9 Å². The van der Waals surface area contributed by atoms with E-state index in [2.05, 4.69) is 11.9 Å². The van der Waals surface area contributed by atoms with E-state index in [1.165, 1.54) is 6.08 Å². The summed E-state index contributed by atoms with van der Waals surface area (Å²) < 4.78 is 29.1. The van der Waals surface area contributed by atoms with Crippen LogP contribution in [0.5, 0.6) is 5.75 Å². The maximum Gasteiger partial charge on any atom is 0.235 e. The van der Waals surface area contributed by atoms with Gasteiger partial charge in [-0.05, 0) is 17.7 Å². The van der Waals surface area contributed by atoms with E-state index in [-0.39, 0.29) is 19.0 Å². The normalized spacial score (nSPS) is 11.2. The van der Waals surface area contributed by atoms with Gasteiger partial charge in [-0.3, -0.25) is 4.79 Å². The average molecular weight is 312 g/mol. The van der Waals surface area contributed by atoms with E-state index in [1.54, 1.807) is 19.2 Å². The number of sulfonamides is 1. The van der Waals surface area contributed by atoms with Gasteiger partial charge in [-0.2, -0.15) is 4.31 Å². The number of nitrogens with zero attached hydrogens (tertiary/aromatic N) is 1. The van der Waals surface area contributed by atoms with Gasteiger partial charge in [-0.1, -0.05) is 18.2 Å². The van der Waals surface area contributed by atoms with Crippen LogP contribution in [0.15, 0.2) is 36.9 Å². The summed E-state index contributed by atoms with van der Waals surface area (Å²) in [6, 6.07) is 7.25. The summed E-state index contributed by atoms with van der Waals surface area (Å²) in [5, 5.41) is 2.68. The van der Waals surface area contributed by atoms with Gasteiger partial charge >= 0.3 is 0 Å². The van der Waals surface area contributed by atoms with Gasteiger partial charge in [0.15, 0.2) is 0 Å². The maximum atomic E-state index is 11.8. The minimum atomic E-state index is -3.43. The van der Waals surface area contributed by atoms with Crippen LogP contribution in [0.1, 0.15) is 5.56 Å². The molecule has 1 amide bonds. The first-order valence-electron chi connectivity index (χ1n) is 6.32. The lowest BCUT2D eigenvalue weighted by Gasteiger charge is -2.17. The number of benzene rings is 1. The lowest BCUT2D eigenvalue weighted by molar-refractivity contribution is -0.121. The molecular formula is C14H20N2O4S. The third-order valence-corrected chi connectivity index (χ3v) is 3.99. The van der Waals surface area contributed by atoms with Crippen LogP contribution in [0, 0.1) is 0 Å². The summed E-state index contributed by atoms with van der Waals surface area (Å²) in [5.41, 5.74) is 0.902. The number of hydrogen-bond acceptors (Lipinski definition) is 4. The van der Waals surface area contributed by atoms with Crippen LogP contribution >= 0.6 is 0 Å². The van der Waals surface area contributed by atoms with Crippen molar-refractivity contribution >= 4 is 15.9 Å². The summed E-state index contributed by atoms with van der Waals surface area (Å²) in [5.74, 6) is 0.373. The van der Waals surface area contributed by atoms with E-state index in [0.29, 0.717) is 6.54 Å². The number of methoxy groups -OCH3 is 1. The number of carbonyl (C=O) groups excluding carboxylic acids is 1. The van der Waals surface area contributed by atoms with Crippen molar-refractivity contribution in [1.82, 2.24) is 9.62 Å². The highest BCUT2D eigenvalue weighted by Gasteiger charge is 2.18. The van der Waals surface area contributed by atoms with Crippen molar-refractivity contribution in [3.8, 4) is 5.75 Å². The topological polar surface area (TPSA) is 75.7 Å². The molecule has 0 aliphatic carbocycles. The Morgan fingerprint density at radius 2 is 2.00 bits per heavy atom. The Balaban J connectivity index is 2.54. The molecule has 21 heavy (non-hydrogen) atoms. The van der Waals surface area contributed by atoms with Gasteiger partial charge in [0.2, 0.25) is 15.9 Å². The lowest BCUT2D eigenvalue weighted by Crippen LogP contribution is -2.40. The summed E-state index contributed by atoms with van der Waals surface area (Å²) in [6.07, 6.45) is 2.51. The predicted molar refractivity (Wildman–Crippen MR) is 81.5 cm³/mol. The first kappa shape index (κ1) is 17.2. The van der Waals surface area contributed by atoms with Crippen LogP contribution < -0.4 is 10.1 Å². The van der Waals surface area contributed by atoms with Crippen LogP contribution in [-0.2, 0) is 21.4 Å². The van der Waals surface area contributed by atoms with Crippen molar-refractivity contribution in [2.45, 2.75) is 6.54 Å². The minimum Gasteiger partial charge on any atom is -0.497 e. The van der Waals surface area contributed by atoms with E-state index in [9.17, 15) is 13.2 Å². The van der Waals surface area contributed by atoms with Crippen molar-refractivity contribution in [2.24, 2.45) is 0 Å². The molecule has 1 aromatic carbocycles. The van der Waals surface area contributed by atoms with Crippen molar-refractivity contribution in [3.05, 3.63) is 42.5 Å². The monoisotopic (exact) mass is 312 g/mol. The van der Waals surface area contributed by atoms with Crippen LogP contribution in [0.3, 0.4) is 0 Å². The Kier molecular flexibility index (Phi) is 6.39. The van der Waals surface area contributed by atoms with Crippen molar-refractivity contribution in [3.63, 3.8) is 0 Å². The Bertz CT molecular complexity index is 581. The average Bonchev–Trinajstić information content (AvgIpc) is 2.44. The van der Waals surface area contributed by atoms with Gasteiger partial charge in [0, 0.05) is 13.1 Å². The molecule has 1 rings (SSSR count). The lowest BCUT2D eigenvalue weighted by atomic mass is 10.2. The van der Waals surface area contributed by atoms with Gasteiger partial charge in [-0.15, -0.1) is 6.58 Å². The van der Waals surface area contributed by atoms with E-state index < -0.39 is 10.0 Å². The number of rotatable bonds is 8. The smallest absolute Gasteiger partial charge is 0.235 e. The fraction of sp³-hybridized carbons (Fsp3) is 0.357. The summed E-state index contributed by atoms with van der Waals surface area (Å²) in [4.78, 5) is 11.8. The third kappa shape index (κ3) is 5.97. The molecule has 0 unspecified atom stereocenters. The summed E-state index contributed by atoms with van der Waals surface area (Å²) in [7, 11) is -1.85. The quantitative estimate of drug-likeness (QED) is 0.719. The van der Waals surface area contributed by atoms with E-state index in [1.807, 2.05) is 12.1 Å². The Morgan fingerprint density at radius 1 is 1.38 bits per heavy atom. The maximum absolute atomic E-state index is 11.8. The van der Waals surface area contributed by atoms with Crippen molar-refractivity contribution < 1.29 is 17.9 Å². The highest BCUT2D eigenvalue weighted by atomic mass is 32.2. The molecule has 0 aliphatic rings. The van der Waals surface area contributed by atoms with Gasteiger partial charge in [-0.25, -0.2) is 8.42 Å². The molecule has 116 valence electrons. The molecule has 0 radical (unpaired) electrons. The Labute approximate surface area is 125 Å². The predicted octanol–water partition coefficient (Wildman–Crippen LogP) is 0.759. The number of ether oxygens (including phenoxy) is 1. The second kappa shape index (κ2) is 7.80. The SMILES string of the molecule is C=CCN(CC(=O)NCc1ccc(OC)cc1)S(C)(=O)=O. The van der Waals surface area contributed by atoms with E-state index in [4.69, 9.17) is 4.74 Å². The molecule has 0 spiro atoms. The van der Waals surface area contributed by atoms with E-state index >= 15 is 0 Å². The van der Waals surface area contributed by atoms with Gasteiger partial charge in [0.05, 0.1) is 19.9 Å². The number of nitrogens with one attached hydrogen (secondary N) is 1. The Hall–Kier alpha value is -1.86. The van der Waals surface area contributed by atoms with Gasteiger partial charge < -0.3 is 10.1 Å². The van der Waals surface area contributed by atoms with Crippen LogP contribution in [0.4, 0.5) is 0 Å². The second-order valence-corrected chi connectivity index (χ2v) is 6.45. The number of hydrogen-bond donors (Lipinski definition) is 1. The Morgan fingerprint density at radius 3 is 2.48 bits per heavy atom. The molecule has 6 nitrogen and oxygen atoms in total. The number of carbonyl (C=O) groups is 1. The molecule has 0 saturated heterocycles. The molecule has 0 bridgehead atoms. The van der Waals surface area contributed by atoms with Crippen LogP contribution in [0.25, 0.3) is 0 Å². The molecule has 0 aromatic heterocycles. The largest absolute Gasteiger partial charge is 0.497 e. The first-order chi connectivity index (χ1) is 9.86. The highest BCUT2D eigenvalue weighted by molar-refractivity contribution is 7.88. The molecule has 0 fully saturated rings. The minimum absolute atomic E-state index is 0.106. The van der Waals surface area contributed by atoms with Crippen molar-refractivity contribution in [1.29, 1.82) is 0 Å².